The van der Waals surface area contributed by atoms with Crippen molar-refractivity contribution >= 4 is 16.6 Å². The van der Waals surface area contributed by atoms with Gasteiger partial charge in [-0.1, -0.05) is 18.2 Å². The number of nitrogens with two attached hydrogens (primary N) is 1. The molecule has 0 saturated carbocycles. The largest absolute Gasteiger partial charge is 0.398 e. The summed E-state index contributed by atoms with van der Waals surface area (Å²) in [6.07, 6.45) is 1.79. The second-order valence-corrected chi connectivity index (χ2v) is 4.30. The first-order chi connectivity index (χ1) is 8.74. The third kappa shape index (κ3) is 1.80. The maximum atomic E-state index is 6.08. The van der Waals surface area contributed by atoms with Gasteiger partial charge in [0.15, 0.2) is 0 Å². The number of aromatic nitrogens is 2. The molecule has 0 amide bonds. The van der Waals surface area contributed by atoms with Gasteiger partial charge < -0.3 is 5.73 Å². The molecule has 0 unspecified atom stereocenters. The first kappa shape index (κ1) is 10.7. The molecule has 0 aliphatic heterocycles. The van der Waals surface area contributed by atoms with E-state index in [4.69, 9.17) is 5.73 Å². The van der Waals surface area contributed by atoms with Crippen LogP contribution in [0.25, 0.3) is 22.2 Å². The van der Waals surface area contributed by atoms with Crippen LogP contribution in [-0.4, -0.2) is 9.97 Å². The molecule has 0 spiro atoms. The normalized spacial score (nSPS) is 10.7. The molecule has 0 aliphatic rings. The number of para-hydroxylation sites is 1. The van der Waals surface area contributed by atoms with Gasteiger partial charge in [0.1, 0.15) is 0 Å². The van der Waals surface area contributed by atoms with E-state index in [9.17, 15) is 0 Å². The van der Waals surface area contributed by atoms with Crippen molar-refractivity contribution in [2.45, 2.75) is 6.92 Å². The summed E-state index contributed by atoms with van der Waals surface area (Å²) in [5, 5.41) is 0.993. The van der Waals surface area contributed by atoms with Gasteiger partial charge in [-0.2, -0.15) is 0 Å². The molecule has 0 radical (unpaired) electrons. The zero-order valence-electron chi connectivity index (χ0n) is 10.1. The van der Waals surface area contributed by atoms with Crippen LogP contribution in [0.4, 0.5) is 5.69 Å². The summed E-state index contributed by atoms with van der Waals surface area (Å²) >= 11 is 0. The highest BCUT2D eigenvalue weighted by molar-refractivity contribution is 5.92. The maximum Gasteiger partial charge on any atom is 0.0731 e. The van der Waals surface area contributed by atoms with Crippen LogP contribution < -0.4 is 5.73 Å². The van der Waals surface area contributed by atoms with Crippen LogP contribution in [-0.2, 0) is 0 Å². The summed E-state index contributed by atoms with van der Waals surface area (Å²) in [4.78, 5) is 8.83. The Morgan fingerprint density at radius 1 is 1.06 bits per heavy atom. The van der Waals surface area contributed by atoms with Gasteiger partial charge in [-0.05, 0) is 31.2 Å². The summed E-state index contributed by atoms with van der Waals surface area (Å²) in [6.45, 7) is 1.97. The van der Waals surface area contributed by atoms with Crippen LogP contribution in [0, 0.1) is 6.92 Å². The maximum absolute atomic E-state index is 6.08. The molecular weight excluding hydrogens is 222 g/mol. The van der Waals surface area contributed by atoms with Gasteiger partial charge in [0.2, 0.25) is 0 Å². The van der Waals surface area contributed by atoms with E-state index in [1.807, 2.05) is 49.4 Å². The SMILES string of the molecule is Cc1cc(-c2cc(N)c3ccccc3n2)ccn1. The average molecular weight is 235 g/mol. The number of aryl methyl sites for hydroxylation is 1. The number of pyridine rings is 2. The first-order valence-electron chi connectivity index (χ1n) is 5.82. The van der Waals surface area contributed by atoms with Crippen molar-refractivity contribution in [2.75, 3.05) is 5.73 Å². The molecule has 1 aromatic carbocycles. The van der Waals surface area contributed by atoms with Crippen molar-refractivity contribution in [2.24, 2.45) is 0 Å². The van der Waals surface area contributed by atoms with Crippen LogP contribution in [0.5, 0.6) is 0 Å². The van der Waals surface area contributed by atoms with E-state index in [1.165, 1.54) is 0 Å². The fourth-order valence-corrected chi connectivity index (χ4v) is 2.06. The lowest BCUT2D eigenvalue weighted by Crippen LogP contribution is -1.93. The van der Waals surface area contributed by atoms with E-state index < -0.39 is 0 Å². The van der Waals surface area contributed by atoms with Crippen LogP contribution in [0.2, 0.25) is 0 Å². The smallest absolute Gasteiger partial charge is 0.0731 e. The minimum atomic E-state index is 0.755. The Hall–Kier alpha value is -2.42. The molecule has 3 aromatic rings. The number of nitrogens with zero attached hydrogens (tertiary/aromatic N) is 2. The van der Waals surface area contributed by atoms with E-state index in [-0.39, 0.29) is 0 Å². The predicted molar refractivity (Wildman–Crippen MR) is 74.1 cm³/mol. The second kappa shape index (κ2) is 4.11. The molecule has 2 heterocycles. The van der Waals surface area contributed by atoms with E-state index in [0.717, 1.165) is 33.5 Å². The molecule has 0 saturated heterocycles. The number of fused-ring (bicyclic) bond motifs is 1. The van der Waals surface area contributed by atoms with Gasteiger partial charge in [-0.15, -0.1) is 0 Å². The molecule has 88 valence electrons. The van der Waals surface area contributed by atoms with E-state index in [1.54, 1.807) is 6.20 Å². The molecule has 0 aliphatic carbocycles. The molecule has 0 atom stereocenters. The second-order valence-electron chi connectivity index (χ2n) is 4.30. The van der Waals surface area contributed by atoms with E-state index in [0.29, 0.717) is 0 Å². The van der Waals surface area contributed by atoms with Gasteiger partial charge >= 0.3 is 0 Å². The van der Waals surface area contributed by atoms with Crippen LogP contribution >= 0.6 is 0 Å². The predicted octanol–water partition coefficient (Wildman–Crippen LogP) is 3.19. The van der Waals surface area contributed by atoms with Gasteiger partial charge in [0.05, 0.1) is 11.2 Å². The Balaban J connectivity index is 2.24. The number of nitrogen functional groups attached to an aromatic ring is 1. The third-order valence-corrected chi connectivity index (χ3v) is 2.94. The molecule has 2 aromatic heterocycles. The minimum Gasteiger partial charge on any atom is -0.398 e. The Bertz CT molecular complexity index is 720. The minimum absolute atomic E-state index is 0.755. The zero-order valence-corrected chi connectivity index (χ0v) is 10.1. The van der Waals surface area contributed by atoms with Crippen molar-refractivity contribution < 1.29 is 0 Å². The monoisotopic (exact) mass is 235 g/mol. The zero-order chi connectivity index (χ0) is 12.5. The molecule has 3 heteroatoms. The number of hydrogen-bond donors (Lipinski definition) is 1. The standard InChI is InChI=1S/C15H13N3/c1-10-8-11(6-7-17-10)15-9-13(16)12-4-2-3-5-14(12)18-15/h2-9H,1H3,(H2,16,18). The van der Waals surface area contributed by atoms with Crippen LogP contribution in [0.15, 0.2) is 48.7 Å². The van der Waals surface area contributed by atoms with Crippen molar-refractivity contribution in [3.05, 3.63) is 54.4 Å². The lowest BCUT2D eigenvalue weighted by atomic mass is 10.1. The highest BCUT2D eigenvalue weighted by Gasteiger charge is 2.05. The topological polar surface area (TPSA) is 51.8 Å². The summed E-state index contributed by atoms with van der Waals surface area (Å²) in [5.74, 6) is 0. The molecule has 0 bridgehead atoms. The third-order valence-electron chi connectivity index (χ3n) is 2.94. The molecule has 2 N–H and O–H groups in total. The molecular formula is C15H13N3. The van der Waals surface area contributed by atoms with E-state index >= 15 is 0 Å². The number of anilines is 1. The van der Waals surface area contributed by atoms with Crippen LogP contribution in [0.1, 0.15) is 5.69 Å². The Kier molecular flexibility index (Phi) is 2.45. The molecule has 3 nitrogen and oxygen atoms in total. The molecule has 18 heavy (non-hydrogen) atoms. The average Bonchev–Trinajstić information content (AvgIpc) is 2.39. The Morgan fingerprint density at radius 2 is 1.89 bits per heavy atom. The van der Waals surface area contributed by atoms with Gasteiger partial charge in [-0.3, -0.25) is 4.98 Å². The first-order valence-corrected chi connectivity index (χ1v) is 5.82. The fourth-order valence-electron chi connectivity index (χ4n) is 2.06. The summed E-state index contributed by atoms with van der Waals surface area (Å²) in [5.41, 5.74) is 10.7. The van der Waals surface area contributed by atoms with Gasteiger partial charge in [0, 0.05) is 28.5 Å². The number of rotatable bonds is 1. The van der Waals surface area contributed by atoms with Gasteiger partial charge in [-0.25, -0.2) is 4.98 Å². The Morgan fingerprint density at radius 3 is 2.72 bits per heavy atom. The number of benzene rings is 1. The van der Waals surface area contributed by atoms with Crippen molar-refractivity contribution in [3.8, 4) is 11.3 Å². The Labute approximate surface area is 105 Å². The van der Waals surface area contributed by atoms with Crippen molar-refractivity contribution in [1.29, 1.82) is 0 Å². The summed E-state index contributed by atoms with van der Waals surface area (Å²) in [6, 6.07) is 13.8. The lowest BCUT2D eigenvalue weighted by molar-refractivity contribution is 1.20. The quantitative estimate of drug-likeness (QED) is 0.704. The highest BCUT2D eigenvalue weighted by Crippen LogP contribution is 2.26. The van der Waals surface area contributed by atoms with Gasteiger partial charge in [0.25, 0.3) is 0 Å². The van der Waals surface area contributed by atoms with E-state index in [2.05, 4.69) is 9.97 Å². The lowest BCUT2D eigenvalue weighted by Gasteiger charge is -2.06. The number of hydrogen-bond acceptors (Lipinski definition) is 3. The highest BCUT2D eigenvalue weighted by atomic mass is 14.7. The van der Waals surface area contributed by atoms with Crippen molar-refractivity contribution in [1.82, 2.24) is 9.97 Å². The summed E-state index contributed by atoms with van der Waals surface area (Å²) < 4.78 is 0. The van der Waals surface area contributed by atoms with Crippen LogP contribution in [0.3, 0.4) is 0 Å². The summed E-state index contributed by atoms with van der Waals surface area (Å²) in [7, 11) is 0. The van der Waals surface area contributed by atoms with Crippen molar-refractivity contribution in [3.63, 3.8) is 0 Å². The molecule has 3 rings (SSSR count). The fraction of sp³-hybridized carbons (Fsp3) is 0.0667. The molecule has 0 fully saturated rings.